The van der Waals surface area contributed by atoms with Gasteiger partial charge in [0.25, 0.3) is 0 Å². The first-order valence-electron chi connectivity index (χ1n) is 7.39. The maximum absolute atomic E-state index is 11.8. The van der Waals surface area contributed by atoms with E-state index in [2.05, 4.69) is 5.32 Å². The van der Waals surface area contributed by atoms with Crippen LogP contribution in [0.3, 0.4) is 0 Å². The molecule has 0 spiro atoms. The van der Waals surface area contributed by atoms with Crippen molar-refractivity contribution >= 4 is 6.09 Å². The average molecular weight is 276 g/mol. The van der Waals surface area contributed by atoms with Crippen LogP contribution in [-0.2, 0) is 11.3 Å². The number of rotatable bonds is 4. The van der Waals surface area contributed by atoms with Crippen LogP contribution in [0, 0.1) is 5.92 Å². The second kappa shape index (κ2) is 7.29. The highest BCUT2D eigenvalue weighted by Crippen LogP contribution is 2.27. The molecule has 0 bridgehead atoms. The topological polar surface area (TPSA) is 64.3 Å². The zero-order valence-electron chi connectivity index (χ0n) is 12.0. The van der Waals surface area contributed by atoms with Crippen molar-refractivity contribution in [2.75, 3.05) is 0 Å². The number of carbonyl (C=O) groups excluding carboxylic acids is 1. The van der Waals surface area contributed by atoms with E-state index < -0.39 is 0 Å². The van der Waals surface area contributed by atoms with E-state index >= 15 is 0 Å². The molecule has 1 amide bonds. The number of nitrogens with two attached hydrogens (primary N) is 1. The standard InChI is InChI=1S/C16H24N2O2/c1-12(14-7-9-15(17)10-8-14)20-16(19)18-11-13-5-3-2-4-6-13/h2-6,12,14-15H,7-11,17H2,1H3,(H,18,19). The van der Waals surface area contributed by atoms with Gasteiger partial charge in [-0.25, -0.2) is 4.79 Å². The molecule has 1 saturated carbocycles. The number of benzene rings is 1. The summed E-state index contributed by atoms with van der Waals surface area (Å²) in [5.74, 6) is 0.442. The summed E-state index contributed by atoms with van der Waals surface area (Å²) in [6, 6.07) is 10.1. The molecule has 2 rings (SSSR count). The molecule has 1 fully saturated rings. The smallest absolute Gasteiger partial charge is 0.407 e. The molecule has 20 heavy (non-hydrogen) atoms. The van der Waals surface area contributed by atoms with Crippen molar-refractivity contribution in [1.82, 2.24) is 5.32 Å². The number of alkyl carbamates (subject to hydrolysis) is 1. The molecule has 1 aromatic carbocycles. The van der Waals surface area contributed by atoms with E-state index in [1.54, 1.807) is 0 Å². The highest BCUT2D eigenvalue weighted by atomic mass is 16.6. The molecule has 1 unspecified atom stereocenters. The molecule has 0 heterocycles. The number of hydrogen-bond donors (Lipinski definition) is 2. The summed E-state index contributed by atoms with van der Waals surface area (Å²) in [4.78, 5) is 11.8. The van der Waals surface area contributed by atoms with Crippen LogP contribution in [-0.4, -0.2) is 18.2 Å². The van der Waals surface area contributed by atoms with E-state index in [0.717, 1.165) is 31.2 Å². The van der Waals surface area contributed by atoms with Gasteiger partial charge in [-0.15, -0.1) is 0 Å². The van der Waals surface area contributed by atoms with Gasteiger partial charge in [0.15, 0.2) is 0 Å². The second-order valence-corrected chi connectivity index (χ2v) is 5.62. The molecule has 1 aromatic rings. The van der Waals surface area contributed by atoms with Crippen LogP contribution in [0.5, 0.6) is 0 Å². The Labute approximate surface area is 120 Å². The van der Waals surface area contributed by atoms with Crippen molar-refractivity contribution in [3.63, 3.8) is 0 Å². The van der Waals surface area contributed by atoms with Gasteiger partial charge in [0.1, 0.15) is 6.10 Å². The summed E-state index contributed by atoms with van der Waals surface area (Å²) in [5, 5.41) is 2.79. The second-order valence-electron chi connectivity index (χ2n) is 5.62. The fraction of sp³-hybridized carbons (Fsp3) is 0.562. The Bertz CT molecular complexity index is 414. The Balaban J connectivity index is 1.71. The third-order valence-electron chi connectivity index (χ3n) is 4.05. The molecule has 0 saturated heterocycles. The van der Waals surface area contributed by atoms with Crippen LogP contribution < -0.4 is 11.1 Å². The summed E-state index contributed by atoms with van der Waals surface area (Å²) in [6.45, 7) is 2.48. The summed E-state index contributed by atoms with van der Waals surface area (Å²) < 4.78 is 5.46. The lowest BCUT2D eigenvalue weighted by Gasteiger charge is -2.30. The largest absolute Gasteiger partial charge is 0.446 e. The summed E-state index contributed by atoms with van der Waals surface area (Å²) >= 11 is 0. The zero-order valence-corrected chi connectivity index (χ0v) is 12.0. The number of hydrogen-bond acceptors (Lipinski definition) is 3. The lowest BCUT2D eigenvalue weighted by molar-refractivity contribution is 0.0572. The SMILES string of the molecule is CC(OC(=O)NCc1ccccc1)C1CCC(N)CC1. The number of ether oxygens (including phenoxy) is 1. The molecule has 4 heteroatoms. The van der Waals surface area contributed by atoms with Crippen molar-refractivity contribution < 1.29 is 9.53 Å². The normalized spacial score (nSPS) is 23.9. The van der Waals surface area contributed by atoms with Gasteiger partial charge in [-0.3, -0.25) is 0 Å². The van der Waals surface area contributed by atoms with E-state index in [0.29, 0.717) is 18.5 Å². The molecule has 1 atom stereocenters. The maximum Gasteiger partial charge on any atom is 0.407 e. The number of nitrogens with one attached hydrogen (secondary N) is 1. The fourth-order valence-electron chi connectivity index (χ4n) is 2.69. The Hall–Kier alpha value is -1.55. The van der Waals surface area contributed by atoms with Crippen LogP contribution in [0.15, 0.2) is 30.3 Å². The Morgan fingerprint density at radius 2 is 1.95 bits per heavy atom. The third kappa shape index (κ3) is 4.53. The molecule has 1 aliphatic rings. The number of carbonyl (C=O) groups is 1. The van der Waals surface area contributed by atoms with Crippen molar-refractivity contribution in [3.05, 3.63) is 35.9 Å². The molecule has 0 radical (unpaired) electrons. The van der Waals surface area contributed by atoms with Crippen LogP contribution in [0.4, 0.5) is 4.79 Å². The van der Waals surface area contributed by atoms with Crippen LogP contribution in [0.2, 0.25) is 0 Å². The van der Waals surface area contributed by atoms with Crippen LogP contribution in [0.1, 0.15) is 38.2 Å². The van der Waals surface area contributed by atoms with Crippen molar-refractivity contribution in [3.8, 4) is 0 Å². The fourth-order valence-corrected chi connectivity index (χ4v) is 2.69. The molecule has 0 aliphatic heterocycles. The summed E-state index contributed by atoms with van der Waals surface area (Å²) in [7, 11) is 0. The molecule has 3 N–H and O–H groups in total. The van der Waals surface area contributed by atoms with Gasteiger partial charge >= 0.3 is 6.09 Å². The van der Waals surface area contributed by atoms with Crippen molar-refractivity contribution in [2.24, 2.45) is 11.7 Å². The lowest BCUT2D eigenvalue weighted by Crippen LogP contribution is -2.35. The molecule has 110 valence electrons. The van der Waals surface area contributed by atoms with Crippen molar-refractivity contribution in [1.29, 1.82) is 0 Å². The minimum Gasteiger partial charge on any atom is -0.446 e. The predicted octanol–water partition coefficient (Wildman–Crippen LogP) is 2.82. The van der Waals surface area contributed by atoms with Gasteiger partial charge in [-0.2, -0.15) is 0 Å². The first-order valence-corrected chi connectivity index (χ1v) is 7.39. The maximum atomic E-state index is 11.8. The van der Waals surface area contributed by atoms with E-state index in [-0.39, 0.29) is 12.2 Å². The Kier molecular flexibility index (Phi) is 5.41. The third-order valence-corrected chi connectivity index (χ3v) is 4.05. The number of amides is 1. The Morgan fingerprint density at radius 1 is 1.30 bits per heavy atom. The quantitative estimate of drug-likeness (QED) is 0.888. The van der Waals surface area contributed by atoms with Gasteiger partial charge in [0, 0.05) is 12.6 Å². The van der Waals surface area contributed by atoms with Crippen LogP contribution >= 0.6 is 0 Å². The van der Waals surface area contributed by atoms with E-state index in [1.165, 1.54) is 0 Å². The van der Waals surface area contributed by atoms with E-state index in [1.807, 2.05) is 37.3 Å². The van der Waals surface area contributed by atoms with Gasteiger partial charge in [-0.1, -0.05) is 30.3 Å². The summed E-state index contributed by atoms with van der Waals surface area (Å²) in [6.07, 6.45) is 3.78. The van der Waals surface area contributed by atoms with Gasteiger partial charge in [0.05, 0.1) is 0 Å². The highest BCUT2D eigenvalue weighted by Gasteiger charge is 2.25. The molecular formula is C16H24N2O2. The molecule has 4 nitrogen and oxygen atoms in total. The Morgan fingerprint density at radius 3 is 2.60 bits per heavy atom. The first kappa shape index (κ1) is 14.9. The zero-order chi connectivity index (χ0) is 14.4. The monoisotopic (exact) mass is 276 g/mol. The molecular weight excluding hydrogens is 252 g/mol. The first-order chi connectivity index (χ1) is 9.65. The predicted molar refractivity (Wildman–Crippen MR) is 79.2 cm³/mol. The minimum atomic E-state index is -0.337. The minimum absolute atomic E-state index is 0.0433. The summed E-state index contributed by atoms with van der Waals surface area (Å²) in [5.41, 5.74) is 6.96. The molecule has 0 aromatic heterocycles. The van der Waals surface area contributed by atoms with Gasteiger partial charge in [0.2, 0.25) is 0 Å². The highest BCUT2D eigenvalue weighted by molar-refractivity contribution is 5.67. The van der Waals surface area contributed by atoms with Gasteiger partial charge < -0.3 is 15.8 Å². The van der Waals surface area contributed by atoms with E-state index in [9.17, 15) is 4.79 Å². The van der Waals surface area contributed by atoms with E-state index in [4.69, 9.17) is 10.5 Å². The lowest BCUT2D eigenvalue weighted by atomic mass is 9.83. The molecule has 1 aliphatic carbocycles. The van der Waals surface area contributed by atoms with Crippen molar-refractivity contribution in [2.45, 2.75) is 51.3 Å². The average Bonchev–Trinajstić information content (AvgIpc) is 2.47. The van der Waals surface area contributed by atoms with Crippen LogP contribution in [0.25, 0.3) is 0 Å². The van der Waals surface area contributed by atoms with Gasteiger partial charge in [-0.05, 0) is 44.1 Å².